The monoisotopic (exact) mass is 1280 g/mol. The molecule has 8 nitrogen and oxygen atoms in total. The van der Waals surface area contributed by atoms with Crippen LogP contribution in [0.3, 0.4) is 0 Å². The predicted molar refractivity (Wildman–Crippen MR) is 401 cm³/mol. The van der Waals surface area contributed by atoms with E-state index in [0.29, 0.717) is 23.9 Å². The molecule has 0 rings (SSSR count). The zero-order valence-corrected chi connectivity index (χ0v) is 60.7. The topological polar surface area (TPSA) is 105 Å². The molecule has 0 saturated carbocycles. The molecule has 0 bridgehead atoms. The highest BCUT2D eigenvalue weighted by molar-refractivity contribution is 7.47. The Hall–Kier alpha value is -3.62. The standard InChI is InChI=1S/C82H143N2O6P/c1-6-8-10-12-14-16-18-20-22-24-26-28-30-32-34-36-38-40-41-42-43-44-46-48-50-52-54-56-58-60-62-64-66-68-70-72-74-76-82(86)83-80(79-90-91(87,88)89-78-77-84(3,4)5)81(85)75-73-71-69-67-65-63-61-59-57-55-53-51-49-47-45-39-37-35-33-31-29-27-25-23-21-19-17-15-13-11-9-7-2/h8,10,14,16,20,22,26,28,32,34,38,40,42-43,46,48,52,54,58,60,64,66,73,75,80-81,85H,6-7,9,11-13,15,17-19,21,23-25,27,29-31,33,35-37,39,41,44-45,47,49-51,53,55-57,59,61-63,65,67-72,74,76-79H2,1-5H3,(H-,83,86,87,88)/p+1/b10-8-,16-14-,22-20-,28-26-,34-32-,40-38-,43-42-,48-46-,54-52-,60-58-,66-64-,75-73+. The van der Waals surface area contributed by atoms with Crippen molar-refractivity contribution < 1.29 is 32.9 Å². The van der Waals surface area contributed by atoms with Crippen LogP contribution in [0.2, 0.25) is 0 Å². The molecule has 0 aliphatic carbocycles. The summed E-state index contributed by atoms with van der Waals surface area (Å²) in [6, 6.07) is -0.878. The normalized spacial score (nSPS) is 14.4. The second-order valence-corrected chi connectivity index (χ2v) is 27.7. The second-order valence-electron chi connectivity index (χ2n) is 26.3. The van der Waals surface area contributed by atoms with Gasteiger partial charge in [-0.25, -0.2) is 4.57 Å². The van der Waals surface area contributed by atoms with E-state index in [1.165, 1.54) is 180 Å². The number of phosphoric acid groups is 1. The minimum absolute atomic E-state index is 0.0474. The molecular weight excluding hydrogens is 1140 g/mol. The summed E-state index contributed by atoms with van der Waals surface area (Å²) in [5.41, 5.74) is 0. The Morgan fingerprint density at radius 3 is 0.967 bits per heavy atom. The smallest absolute Gasteiger partial charge is 0.387 e. The van der Waals surface area contributed by atoms with Crippen molar-refractivity contribution in [3.63, 3.8) is 0 Å². The zero-order chi connectivity index (χ0) is 66.2. The third-order valence-corrected chi connectivity index (χ3v) is 17.3. The lowest BCUT2D eigenvalue weighted by atomic mass is 10.0. The fraction of sp³-hybridized carbons (Fsp3) is 0.695. The van der Waals surface area contributed by atoms with Crippen molar-refractivity contribution in [1.29, 1.82) is 0 Å². The van der Waals surface area contributed by atoms with Gasteiger partial charge in [0.25, 0.3) is 0 Å². The molecule has 9 heteroatoms. The SMILES string of the molecule is CC/C=C\C/C=C\C/C=C\C/C=C\C/C=C\C/C=C\C/C=C\C/C=C\C/C=C\C/C=C\C/C=C\CCCCCC(=O)NC(COP(=O)(O)OCC[N+](C)(C)C)C(O)/C=C/CCCCCCCCCCCCCCCCCCCCCCCCCCCCCCCC. The van der Waals surface area contributed by atoms with Gasteiger partial charge in [-0.15, -0.1) is 0 Å². The number of quaternary nitrogens is 1. The van der Waals surface area contributed by atoms with E-state index in [2.05, 4.69) is 153 Å². The maximum Gasteiger partial charge on any atom is 0.472 e. The maximum absolute atomic E-state index is 13.1. The van der Waals surface area contributed by atoms with E-state index in [9.17, 15) is 19.4 Å². The van der Waals surface area contributed by atoms with Crippen molar-refractivity contribution in [2.75, 3.05) is 40.9 Å². The molecule has 0 aliphatic rings. The molecule has 522 valence electrons. The Balaban J connectivity index is 4.17. The highest BCUT2D eigenvalue weighted by Gasteiger charge is 2.28. The Morgan fingerprint density at radius 2 is 0.659 bits per heavy atom. The number of aliphatic hydroxyl groups excluding tert-OH is 1. The molecule has 91 heavy (non-hydrogen) atoms. The number of likely N-dealkylation sites (N-methyl/N-ethyl adjacent to an activating group) is 1. The van der Waals surface area contributed by atoms with Crippen molar-refractivity contribution in [2.45, 2.75) is 328 Å². The Labute approximate surface area is 563 Å². The lowest BCUT2D eigenvalue weighted by molar-refractivity contribution is -0.870. The third-order valence-electron chi connectivity index (χ3n) is 16.3. The van der Waals surface area contributed by atoms with Gasteiger partial charge in [0.15, 0.2) is 0 Å². The summed E-state index contributed by atoms with van der Waals surface area (Å²) in [6.07, 6.45) is 109. The number of unbranched alkanes of at least 4 members (excludes halogenated alkanes) is 33. The van der Waals surface area contributed by atoms with E-state index in [4.69, 9.17) is 9.05 Å². The fourth-order valence-electron chi connectivity index (χ4n) is 10.5. The van der Waals surface area contributed by atoms with Gasteiger partial charge in [-0.1, -0.05) is 352 Å². The van der Waals surface area contributed by atoms with Crippen LogP contribution in [-0.4, -0.2) is 73.4 Å². The number of allylic oxidation sites excluding steroid dienone is 23. The highest BCUT2D eigenvalue weighted by Crippen LogP contribution is 2.43. The van der Waals surface area contributed by atoms with Crippen LogP contribution in [0.5, 0.6) is 0 Å². The van der Waals surface area contributed by atoms with Crippen molar-refractivity contribution in [3.8, 4) is 0 Å². The van der Waals surface area contributed by atoms with Crippen LogP contribution in [-0.2, 0) is 18.4 Å². The molecule has 0 radical (unpaired) electrons. The van der Waals surface area contributed by atoms with E-state index < -0.39 is 20.0 Å². The number of nitrogens with one attached hydrogen (secondary N) is 1. The summed E-state index contributed by atoms with van der Waals surface area (Å²) in [5, 5.41) is 14.0. The highest BCUT2D eigenvalue weighted by atomic mass is 31.2. The molecule has 0 aromatic heterocycles. The van der Waals surface area contributed by atoms with Crippen molar-refractivity contribution in [1.82, 2.24) is 5.32 Å². The lowest BCUT2D eigenvalue weighted by Crippen LogP contribution is -2.45. The van der Waals surface area contributed by atoms with E-state index >= 15 is 0 Å². The van der Waals surface area contributed by atoms with E-state index in [1.54, 1.807) is 6.08 Å². The average molecular weight is 1290 g/mol. The van der Waals surface area contributed by atoms with E-state index in [-0.39, 0.29) is 19.1 Å². The fourth-order valence-corrected chi connectivity index (χ4v) is 11.3. The Morgan fingerprint density at radius 1 is 0.385 bits per heavy atom. The molecule has 0 heterocycles. The Bertz CT molecular complexity index is 2000. The largest absolute Gasteiger partial charge is 0.472 e. The maximum atomic E-state index is 13.1. The molecule has 3 unspecified atom stereocenters. The number of amides is 1. The van der Waals surface area contributed by atoms with Crippen LogP contribution in [0.15, 0.2) is 146 Å². The van der Waals surface area contributed by atoms with Gasteiger partial charge >= 0.3 is 7.82 Å². The molecule has 3 N–H and O–H groups in total. The summed E-state index contributed by atoms with van der Waals surface area (Å²) < 4.78 is 23.8. The number of aliphatic hydroxyl groups is 1. The van der Waals surface area contributed by atoms with Gasteiger partial charge in [-0.3, -0.25) is 13.8 Å². The number of nitrogens with zero attached hydrogens (tertiary/aromatic N) is 1. The van der Waals surface area contributed by atoms with E-state index in [0.717, 1.165) is 109 Å². The first-order valence-electron chi connectivity index (χ1n) is 37.7. The van der Waals surface area contributed by atoms with Crippen molar-refractivity contribution >= 4 is 13.7 Å². The zero-order valence-electron chi connectivity index (χ0n) is 59.8. The summed E-state index contributed by atoms with van der Waals surface area (Å²) in [4.78, 5) is 23.4. The van der Waals surface area contributed by atoms with Crippen LogP contribution in [0.1, 0.15) is 316 Å². The number of carbonyl (C=O) groups is 1. The van der Waals surface area contributed by atoms with Crippen LogP contribution >= 0.6 is 7.82 Å². The molecule has 3 atom stereocenters. The number of hydrogen-bond acceptors (Lipinski definition) is 5. The quantitative estimate of drug-likeness (QED) is 0.0243. The first-order chi connectivity index (χ1) is 44.5. The molecule has 0 aliphatic heterocycles. The van der Waals surface area contributed by atoms with E-state index in [1.807, 2.05) is 27.2 Å². The summed E-state index contributed by atoms with van der Waals surface area (Å²) in [5.74, 6) is -0.211. The molecule has 0 saturated heterocycles. The van der Waals surface area contributed by atoms with Gasteiger partial charge in [-0.05, 0) is 103 Å². The summed E-state index contributed by atoms with van der Waals surface area (Å²) in [7, 11) is 1.54. The first-order valence-corrected chi connectivity index (χ1v) is 39.2. The predicted octanol–water partition coefficient (Wildman–Crippen LogP) is 24.7. The van der Waals surface area contributed by atoms with Gasteiger partial charge < -0.3 is 19.8 Å². The van der Waals surface area contributed by atoms with Crippen LogP contribution in [0, 0.1) is 0 Å². The summed E-state index contributed by atoms with van der Waals surface area (Å²) in [6.45, 7) is 4.69. The average Bonchev–Trinajstić information content (AvgIpc) is 3.42. The van der Waals surface area contributed by atoms with Gasteiger partial charge in [0.1, 0.15) is 13.2 Å². The van der Waals surface area contributed by atoms with Gasteiger partial charge in [0.05, 0.1) is 39.9 Å². The molecular formula is C82H144N2O6P+. The molecule has 0 fully saturated rings. The molecule has 0 aromatic rings. The number of rotatable bonds is 68. The van der Waals surface area contributed by atoms with Crippen LogP contribution in [0.25, 0.3) is 0 Å². The lowest BCUT2D eigenvalue weighted by Gasteiger charge is -2.25. The van der Waals surface area contributed by atoms with Crippen molar-refractivity contribution in [2.24, 2.45) is 0 Å². The van der Waals surface area contributed by atoms with Crippen LogP contribution < -0.4 is 5.32 Å². The minimum Gasteiger partial charge on any atom is -0.387 e. The number of carbonyl (C=O) groups excluding carboxylic acids is 1. The van der Waals surface area contributed by atoms with Gasteiger partial charge in [0.2, 0.25) is 5.91 Å². The van der Waals surface area contributed by atoms with Gasteiger partial charge in [-0.2, -0.15) is 0 Å². The summed E-state index contributed by atoms with van der Waals surface area (Å²) >= 11 is 0. The first kappa shape index (κ1) is 87.4. The third kappa shape index (κ3) is 73.7. The minimum atomic E-state index is -4.38. The number of hydrogen-bond donors (Lipinski definition) is 3. The van der Waals surface area contributed by atoms with Crippen LogP contribution in [0.4, 0.5) is 0 Å². The molecule has 0 aromatic carbocycles. The Kier molecular flexibility index (Phi) is 67.9. The number of phosphoric ester groups is 1. The second kappa shape index (κ2) is 70.7. The molecule has 1 amide bonds. The van der Waals surface area contributed by atoms with Gasteiger partial charge in [0, 0.05) is 6.42 Å². The van der Waals surface area contributed by atoms with Crippen molar-refractivity contribution in [3.05, 3.63) is 146 Å². The molecule has 0 spiro atoms.